The highest BCUT2D eigenvalue weighted by atomic mass is 16.5. The molecular weight excluding hydrogens is 402 g/mol. The molecule has 2 aromatic carbocycles. The van der Waals surface area contributed by atoms with Crippen LogP contribution in [0.4, 0.5) is 0 Å². The van der Waals surface area contributed by atoms with Crippen LogP contribution in [-0.2, 0) is 6.54 Å². The molecule has 32 heavy (non-hydrogen) atoms. The Kier molecular flexibility index (Phi) is 7.94. The zero-order valence-corrected chi connectivity index (χ0v) is 19.9. The molecule has 0 aliphatic heterocycles. The number of aromatic nitrogens is 2. The fourth-order valence-electron chi connectivity index (χ4n) is 3.67. The van der Waals surface area contributed by atoms with Gasteiger partial charge in [0.1, 0.15) is 11.5 Å². The van der Waals surface area contributed by atoms with Crippen LogP contribution >= 0.6 is 0 Å². The van der Waals surface area contributed by atoms with Gasteiger partial charge in [-0.1, -0.05) is 32.0 Å². The van der Waals surface area contributed by atoms with Crippen molar-refractivity contribution in [3.63, 3.8) is 0 Å². The lowest BCUT2D eigenvalue weighted by Crippen LogP contribution is -2.36. The zero-order valence-electron chi connectivity index (χ0n) is 19.9. The summed E-state index contributed by atoms with van der Waals surface area (Å²) < 4.78 is 13.6. The van der Waals surface area contributed by atoms with E-state index in [0.717, 1.165) is 28.4 Å². The summed E-state index contributed by atoms with van der Waals surface area (Å²) in [5.74, 6) is 2.45. The van der Waals surface area contributed by atoms with E-state index in [0.29, 0.717) is 19.0 Å². The minimum absolute atomic E-state index is 0.211. The predicted octanol–water partition coefficient (Wildman–Crippen LogP) is 5.39. The van der Waals surface area contributed by atoms with E-state index in [2.05, 4.69) is 32.6 Å². The highest BCUT2D eigenvalue weighted by Gasteiger charge is 2.26. The lowest BCUT2D eigenvalue weighted by molar-refractivity contribution is 0.102. The second-order valence-corrected chi connectivity index (χ2v) is 8.72. The number of benzene rings is 2. The van der Waals surface area contributed by atoms with Gasteiger partial charge in [-0.2, -0.15) is 5.10 Å². The number of hydrogen-bond acceptors (Lipinski definition) is 5. The smallest absolute Gasteiger partial charge is 0.227 e. The minimum Gasteiger partial charge on any atom is -0.497 e. The summed E-state index contributed by atoms with van der Waals surface area (Å²) in [5.41, 5.74) is 2.92. The number of hydrogen-bond donors (Lipinski definition) is 1. The molecule has 1 N–H and O–H groups in total. The number of nitrogens with zero attached hydrogens (tertiary/aromatic N) is 3. The summed E-state index contributed by atoms with van der Waals surface area (Å²) >= 11 is 0. The van der Waals surface area contributed by atoms with Crippen molar-refractivity contribution in [1.29, 1.82) is 0 Å². The van der Waals surface area contributed by atoms with Crippen LogP contribution in [0.1, 0.15) is 51.8 Å². The third-order valence-electron chi connectivity index (χ3n) is 5.38. The highest BCUT2D eigenvalue weighted by molar-refractivity contribution is 5.46. The Morgan fingerprint density at radius 2 is 1.59 bits per heavy atom. The first-order valence-electron chi connectivity index (χ1n) is 11.2. The standard InChI is InChI=1S/C26H35N3O3/c1-18(2)25-24(17-28(19(3)4)16-20(5)30)26(32-23-10-8-7-9-11-23)29(27-25)21-12-14-22(31-6)15-13-21/h7-15,18-20,30H,16-17H2,1-6H3/t20-/m0/s1. The van der Waals surface area contributed by atoms with E-state index < -0.39 is 6.10 Å². The Labute approximate surface area is 191 Å². The number of para-hydroxylation sites is 1. The maximum atomic E-state index is 10.1. The summed E-state index contributed by atoms with van der Waals surface area (Å²) in [5, 5.41) is 15.0. The van der Waals surface area contributed by atoms with Crippen molar-refractivity contribution in [1.82, 2.24) is 14.7 Å². The predicted molar refractivity (Wildman–Crippen MR) is 128 cm³/mol. The van der Waals surface area contributed by atoms with Crippen LogP contribution in [0, 0.1) is 0 Å². The summed E-state index contributed by atoms with van der Waals surface area (Å²) in [6, 6.07) is 17.8. The van der Waals surface area contributed by atoms with Crippen LogP contribution in [-0.4, -0.2) is 45.6 Å². The number of rotatable bonds is 10. The van der Waals surface area contributed by atoms with Crippen LogP contribution in [0.5, 0.6) is 17.4 Å². The van der Waals surface area contributed by atoms with Crippen molar-refractivity contribution in [3.05, 3.63) is 65.9 Å². The van der Waals surface area contributed by atoms with E-state index >= 15 is 0 Å². The molecule has 0 aliphatic rings. The molecule has 0 unspecified atom stereocenters. The topological polar surface area (TPSA) is 59.8 Å². The lowest BCUT2D eigenvalue weighted by atomic mass is 10.0. The van der Waals surface area contributed by atoms with Gasteiger partial charge in [-0.3, -0.25) is 4.90 Å². The lowest BCUT2D eigenvalue weighted by Gasteiger charge is -2.28. The molecule has 0 saturated heterocycles. The monoisotopic (exact) mass is 437 g/mol. The number of aliphatic hydroxyl groups excluding tert-OH is 1. The van der Waals surface area contributed by atoms with Gasteiger partial charge in [0.2, 0.25) is 5.88 Å². The van der Waals surface area contributed by atoms with E-state index in [1.165, 1.54) is 0 Å². The van der Waals surface area contributed by atoms with Crippen molar-refractivity contribution in [3.8, 4) is 23.1 Å². The van der Waals surface area contributed by atoms with Gasteiger partial charge in [-0.05, 0) is 63.1 Å². The average molecular weight is 438 g/mol. The third kappa shape index (κ3) is 5.69. The van der Waals surface area contributed by atoms with E-state index in [1.54, 1.807) is 7.11 Å². The molecule has 0 spiro atoms. The van der Waals surface area contributed by atoms with Crippen molar-refractivity contribution < 1.29 is 14.6 Å². The molecule has 6 nitrogen and oxygen atoms in total. The first-order chi connectivity index (χ1) is 15.3. The molecular formula is C26H35N3O3. The quantitative estimate of drug-likeness (QED) is 0.461. The Morgan fingerprint density at radius 1 is 0.938 bits per heavy atom. The molecule has 6 heteroatoms. The molecule has 3 aromatic rings. The Balaban J connectivity index is 2.14. The maximum Gasteiger partial charge on any atom is 0.227 e. The summed E-state index contributed by atoms with van der Waals surface area (Å²) in [4.78, 5) is 2.25. The third-order valence-corrected chi connectivity index (χ3v) is 5.38. The van der Waals surface area contributed by atoms with E-state index in [9.17, 15) is 5.11 Å². The molecule has 1 heterocycles. The van der Waals surface area contributed by atoms with E-state index in [-0.39, 0.29) is 12.0 Å². The van der Waals surface area contributed by atoms with Gasteiger partial charge in [-0.25, -0.2) is 4.68 Å². The number of methoxy groups -OCH3 is 1. The van der Waals surface area contributed by atoms with Gasteiger partial charge in [0.25, 0.3) is 0 Å². The molecule has 172 valence electrons. The number of aliphatic hydroxyl groups is 1. The zero-order chi connectivity index (χ0) is 23.3. The molecule has 0 fully saturated rings. The van der Waals surface area contributed by atoms with Crippen LogP contribution in [0.15, 0.2) is 54.6 Å². The summed E-state index contributed by atoms with van der Waals surface area (Å²) in [6.45, 7) is 11.6. The molecule has 0 bridgehead atoms. The van der Waals surface area contributed by atoms with Crippen molar-refractivity contribution in [2.45, 2.75) is 59.2 Å². The van der Waals surface area contributed by atoms with Crippen molar-refractivity contribution in [2.75, 3.05) is 13.7 Å². The molecule has 0 saturated carbocycles. The Bertz CT molecular complexity index is 980. The van der Waals surface area contributed by atoms with Crippen LogP contribution in [0.2, 0.25) is 0 Å². The maximum absolute atomic E-state index is 10.1. The SMILES string of the molecule is COc1ccc(-n2nc(C(C)C)c(CN(C[C@H](C)O)C(C)C)c2Oc2ccccc2)cc1. The average Bonchev–Trinajstić information content (AvgIpc) is 3.12. The van der Waals surface area contributed by atoms with Crippen molar-refractivity contribution in [2.24, 2.45) is 0 Å². The van der Waals surface area contributed by atoms with Gasteiger partial charge in [0.15, 0.2) is 0 Å². The van der Waals surface area contributed by atoms with Crippen molar-refractivity contribution >= 4 is 0 Å². The summed E-state index contributed by atoms with van der Waals surface area (Å²) in [6.07, 6.45) is -0.421. The van der Waals surface area contributed by atoms with Gasteiger partial charge < -0.3 is 14.6 Å². The van der Waals surface area contributed by atoms with Gasteiger partial charge in [0.05, 0.1) is 30.2 Å². The second kappa shape index (κ2) is 10.7. The fourth-order valence-corrected chi connectivity index (χ4v) is 3.67. The molecule has 0 radical (unpaired) electrons. The van der Waals surface area contributed by atoms with Crippen LogP contribution < -0.4 is 9.47 Å². The van der Waals surface area contributed by atoms with Gasteiger partial charge in [0, 0.05) is 19.1 Å². The van der Waals surface area contributed by atoms with Gasteiger partial charge >= 0.3 is 0 Å². The van der Waals surface area contributed by atoms with Crippen LogP contribution in [0.3, 0.4) is 0 Å². The van der Waals surface area contributed by atoms with Crippen LogP contribution in [0.25, 0.3) is 5.69 Å². The van der Waals surface area contributed by atoms with Gasteiger partial charge in [-0.15, -0.1) is 0 Å². The largest absolute Gasteiger partial charge is 0.497 e. The first kappa shape index (κ1) is 23.8. The number of ether oxygens (including phenoxy) is 2. The highest BCUT2D eigenvalue weighted by Crippen LogP contribution is 2.35. The first-order valence-corrected chi connectivity index (χ1v) is 11.2. The Hall–Kier alpha value is -2.83. The molecule has 1 aromatic heterocycles. The molecule has 1 atom stereocenters. The molecule has 0 amide bonds. The van der Waals surface area contributed by atoms with E-state index in [4.69, 9.17) is 14.6 Å². The Morgan fingerprint density at radius 3 is 2.12 bits per heavy atom. The molecule has 3 rings (SSSR count). The second-order valence-electron chi connectivity index (χ2n) is 8.72. The normalized spacial score (nSPS) is 12.6. The summed E-state index contributed by atoms with van der Waals surface area (Å²) in [7, 11) is 1.66. The fraction of sp³-hybridized carbons (Fsp3) is 0.423. The molecule has 0 aliphatic carbocycles. The van der Waals surface area contributed by atoms with E-state index in [1.807, 2.05) is 66.2 Å². The minimum atomic E-state index is -0.421.